The van der Waals surface area contributed by atoms with Crippen LogP contribution in [-0.2, 0) is 9.59 Å². The highest BCUT2D eigenvalue weighted by atomic mass is 16.5. The Bertz CT molecular complexity index is 1300. The lowest BCUT2D eigenvalue weighted by molar-refractivity contribution is -0.133. The lowest BCUT2D eigenvalue weighted by Gasteiger charge is -2.19. The molecule has 196 valence electrons. The fourth-order valence-corrected chi connectivity index (χ4v) is 3.50. The molecule has 0 fully saturated rings. The smallest absolute Gasteiger partial charge is 0.268 e. The first-order chi connectivity index (χ1) is 18.3. The van der Waals surface area contributed by atoms with E-state index in [-0.39, 0.29) is 24.1 Å². The molecule has 0 aromatic heterocycles. The highest BCUT2D eigenvalue weighted by Gasteiger charge is 2.25. The minimum atomic E-state index is -1.30. The number of amides is 3. The Balaban J connectivity index is 1.52. The third-order valence-corrected chi connectivity index (χ3v) is 5.70. The monoisotopic (exact) mass is 514 g/mol. The number of hydrogen-bond acceptors (Lipinski definition) is 6. The molecule has 0 aliphatic heterocycles. The standard InChI is InChI=1S/C29H30N4O5/c1-19(23-6-4-3-5-7-23)30-18-26(35)31-25-16-12-22(13-17-25)9-8-21-10-14-24(15-11-21)28(36)32-27(20(2)34)29(37)33-38/h3-7,10-17,19-20,27,30,34,38H,18H2,1-2H3,(H,31,35)(H,32,36)(H,33,37)/t19-,20?,27?/m0/s1. The van der Waals surface area contributed by atoms with Gasteiger partial charge in [0, 0.05) is 28.4 Å². The van der Waals surface area contributed by atoms with Crippen molar-refractivity contribution < 1.29 is 24.7 Å². The van der Waals surface area contributed by atoms with Crippen LogP contribution in [0.2, 0.25) is 0 Å². The summed E-state index contributed by atoms with van der Waals surface area (Å²) < 4.78 is 0. The van der Waals surface area contributed by atoms with Crippen molar-refractivity contribution in [3.8, 4) is 11.8 Å². The number of aliphatic hydroxyl groups is 1. The third kappa shape index (κ3) is 8.28. The van der Waals surface area contributed by atoms with Crippen LogP contribution in [0.5, 0.6) is 0 Å². The van der Waals surface area contributed by atoms with Gasteiger partial charge in [0.25, 0.3) is 11.8 Å². The van der Waals surface area contributed by atoms with Crippen molar-refractivity contribution in [2.45, 2.75) is 32.0 Å². The molecule has 0 aliphatic rings. The average molecular weight is 515 g/mol. The molecule has 0 spiro atoms. The first kappa shape index (κ1) is 28.1. The quantitative estimate of drug-likeness (QED) is 0.147. The molecule has 6 N–H and O–H groups in total. The zero-order chi connectivity index (χ0) is 27.5. The second-order valence-electron chi connectivity index (χ2n) is 8.63. The average Bonchev–Trinajstić information content (AvgIpc) is 2.94. The van der Waals surface area contributed by atoms with E-state index in [0.29, 0.717) is 11.3 Å². The highest BCUT2D eigenvalue weighted by molar-refractivity contribution is 5.97. The van der Waals surface area contributed by atoms with Gasteiger partial charge in [0.2, 0.25) is 5.91 Å². The van der Waals surface area contributed by atoms with Crippen molar-refractivity contribution in [3.63, 3.8) is 0 Å². The van der Waals surface area contributed by atoms with Gasteiger partial charge in [-0.05, 0) is 67.9 Å². The summed E-state index contributed by atoms with van der Waals surface area (Å²) in [6, 6.07) is 22.2. The molecule has 0 radical (unpaired) electrons. The number of benzene rings is 3. The number of aliphatic hydroxyl groups excluding tert-OH is 1. The van der Waals surface area contributed by atoms with Crippen LogP contribution in [-0.4, -0.2) is 46.7 Å². The lowest BCUT2D eigenvalue weighted by Crippen LogP contribution is -2.51. The second-order valence-corrected chi connectivity index (χ2v) is 8.63. The van der Waals surface area contributed by atoms with Crippen LogP contribution in [0.25, 0.3) is 0 Å². The Hall–Kier alpha value is -4.49. The summed E-state index contributed by atoms with van der Waals surface area (Å²) in [5.41, 5.74) is 4.86. The summed E-state index contributed by atoms with van der Waals surface area (Å²) in [7, 11) is 0. The summed E-state index contributed by atoms with van der Waals surface area (Å²) in [6.45, 7) is 3.51. The van der Waals surface area contributed by atoms with Crippen LogP contribution in [0.4, 0.5) is 5.69 Å². The lowest BCUT2D eigenvalue weighted by atomic mass is 10.1. The van der Waals surface area contributed by atoms with Crippen LogP contribution in [0.3, 0.4) is 0 Å². The molecule has 0 saturated heterocycles. The van der Waals surface area contributed by atoms with Crippen LogP contribution in [0.15, 0.2) is 78.9 Å². The van der Waals surface area contributed by atoms with Crippen LogP contribution in [0.1, 0.15) is 46.9 Å². The zero-order valence-corrected chi connectivity index (χ0v) is 21.1. The van der Waals surface area contributed by atoms with Gasteiger partial charge in [0.1, 0.15) is 6.04 Å². The maximum atomic E-state index is 12.4. The topological polar surface area (TPSA) is 140 Å². The number of anilines is 1. The molecule has 9 heteroatoms. The van der Waals surface area contributed by atoms with E-state index in [0.717, 1.165) is 11.1 Å². The van der Waals surface area contributed by atoms with E-state index in [9.17, 15) is 19.5 Å². The maximum absolute atomic E-state index is 12.4. The van der Waals surface area contributed by atoms with Gasteiger partial charge in [-0.2, -0.15) is 0 Å². The van der Waals surface area contributed by atoms with E-state index in [1.165, 1.54) is 12.4 Å². The SMILES string of the molecule is CC(O)C(NC(=O)c1ccc(C#Cc2ccc(NC(=O)CN[C@@H](C)c3ccccc3)cc2)cc1)C(=O)NO. The first-order valence-corrected chi connectivity index (χ1v) is 12.0. The Morgan fingerprint density at radius 3 is 1.97 bits per heavy atom. The summed E-state index contributed by atoms with van der Waals surface area (Å²) in [6.07, 6.45) is -1.20. The Morgan fingerprint density at radius 1 is 0.842 bits per heavy atom. The van der Waals surface area contributed by atoms with Gasteiger partial charge in [0.05, 0.1) is 12.6 Å². The van der Waals surface area contributed by atoms with E-state index < -0.39 is 24.0 Å². The number of hydrogen-bond donors (Lipinski definition) is 6. The van der Waals surface area contributed by atoms with E-state index in [1.807, 2.05) is 37.3 Å². The van der Waals surface area contributed by atoms with Crippen LogP contribution >= 0.6 is 0 Å². The number of nitrogens with one attached hydrogen (secondary N) is 4. The fourth-order valence-electron chi connectivity index (χ4n) is 3.50. The summed E-state index contributed by atoms with van der Waals surface area (Å²) in [5.74, 6) is 4.39. The van der Waals surface area contributed by atoms with Crippen LogP contribution < -0.4 is 21.4 Å². The van der Waals surface area contributed by atoms with Crippen molar-refractivity contribution in [2.75, 3.05) is 11.9 Å². The molecule has 3 amide bonds. The van der Waals surface area contributed by atoms with Gasteiger partial charge in [-0.1, -0.05) is 42.2 Å². The van der Waals surface area contributed by atoms with Gasteiger partial charge in [0.15, 0.2) is 0 Å². The van der Waals surface area contributed by atoms with Gasteiger partial charge >= 0.3 is 0 Å². The molecule has 0 aliphatic carbocycles. The van der Waals surface area contributed by atoms with Gasteiger partial charge in [-0.25, -0.2) is 5.48 Å². The normalized spacial score (nSPS) is 12.7. The third-order valence-electron chi connectivity index (χ3n) is 5.70. The molecule has 0 heterocycles. The Labute approximate surface area is 221 Å². The highest BCUT2D eigenvalue weighted by Crippen LogP contribution is 2.12. The minimum Gasteiger partial charge on any atom is -0.391 e. The molecule has 3 aromatic rings. The molecule has 0 saturated carbocycles. The number of carbonyl (C=O) groups is 3. The predicted molar refractivity (Wildman–Crippen MR) is 143 cm³/mol. The van der Waals surface area contributed by atoms with Crippen molar-refractivity contribution in [3.05, 3.63) is 101 Å². The minimum absolute atomic E-state index is 0.0527. The molecule has 3 aromatic carbocycles. The number of carbonyl (C=O) groups excluding carboxylic acids is 3. The van der Waals surface area contributed by atoms with Crippen molar-refractivity contribution in [2.24, 2.45) is 0 Å². The van der Waals surface area contributed by atoms with E-state index in [1.54, 1.807) is 48.5 Å². The van der Waals surface area contributed by atoms with Gasteiger partial charge < -0.3 is 21.1 Å². The molecule has 0 bridgehead atoms. The molecule has 9 nitrogen and oxygen atoms in total. The largest absolute Gasteiger partial charge is 0.391 e. The number of rotatable bonds is 9. The molecule has 3 rings (SSSR count). The Kier molecular flexibility index (Phi) is 10.1. The summed E-state index contributed by atoms with van der Waals surface area (Å²) in [5, 5.41) is 26.8. The molecule has 2 unspecified atom stereocenters. The summed E-state index contributed by atoms with van der Waals surface area (Å²) >= 11 is 0. The molecular formula is C29H30N4O5. The first-order valence-electron chi connectivity index (χ1n) is 12.0. The van der Waals surface area contributed by atoms with E-state index >= 15 is 0 Å². The number of hydroxylamine groups is 1. The molecule has 38 heavy (non-hydrogen) atoms. The van der Waals surface area contributed by atoms with Gasteiger partial charge in [-0.15, -0.1) is 0 Å². The fraction of sp³-hybridized carbons (Fsp3) is 0.207. The van der Waals surface area contributed by atoms with E-state index in [4.69, 9.17) is 5.21 Å². The van der Waals surface area contributed by atoms with E-state index in [2.05, 4.69) is 27.8 Å². The maximum Gasteiger partial charge on any atom is 0.268 e. The van der Waals surface area contributed by atoms with Crippen molar-refractivity contribution >= 4 is 23.4 Å². The van der Waals surface area contributed by atoms with Crippen LogP contribution in [0, 0.1) is 11.8 Å². The molecule has 3 atom stereocenters. The predicted octanol–water partition coefficient (Wildman–Crippen LogP) is 2.36. The van der Waals surface area contributed by atoms with Crippen molar-refractivity contribution in [1.29, 1.82) is 0 Å². The van der Waals surface area contributed by atoms with Crippen molar-refractivity contribution in [1.82, 2.24) is 16.1 Å². The van der Waals surface area contributed by atoms with Gasteiger partial charge in [-0.3, -0.25) is 19.6 Å². The Morgan fingerprint density at radius 2 is 1.42 bits per heavy atom. The molecular weight excluding hydrogens is 484 g/mol. The summed E-state index contributed by atoms with van der Waals surface area (Å²) in [4.78, 5) is 36.2. The second kappa shape index (κ2) is 13.7. The zero-order valence-electron chi connectivity index (χ0n) is 21.1.